The van der Waals surface area contributed by atoms with E-state index in [0.29, 0.717) is 23.9 Å². The average molecular weight is 1450 g/mol. The van der Waals surface area contributed by atoms with Crippen molar-refractivity contribution in [2.45, 2.75) is 431 Å². The molecule has 104 heavy (non-hydrogen) atoms. The van der Waals surface area contributed by atoms with Gasteiger partial charge in [-0.05, 0) is 83.5 Å². The van der Waals surface area contributed by atoms with Crippen LogP contribution < -0.4 is 0 Å². The summed E-state index contributed by atoms with van der Waals surface area (Å²) in [6.07, 6.45) is 117. The fourth-order valence-corrected chi connectivity index (χ4v) is 13.1. The lowest BCUT2D eigenvalue weighted by Crippen LogP contribution is -2.40. The molecular weight excluding hydrogens is 1280 g/mol. The fraction of sp³-hybridized carbons (Fsp3) is 0.779. The number of hydrogen-bond donors (Lipinski definition) is 1. The van der Waals surface area contributed by atoms with E-state index in [1.165, 1.54) is 283 Å². The molecule has 2 unspecified atom stereocenters. The van der Waals surface area contributed by atoms with Gasteiger partial charge in [0.05, 0.1) is 34.4 Å². The molecule has 0 aliphatic carbocycles. The number of nitrogens with zero attached hydrogens (tertiary/aromatic N) is 1. The van der Waals surface area contributed by atoms with Gasteiger partial charge in [0.2, 0.25) is 0 Å². The third-order valence-corrected chi connectivity index (χ3v) is 19.8. The van der Waals surface area contributed by atoms with Gasteiger partial charge in [-0.15, -0.1) is 0 Å². The Morgan fingerprint density at radius 1 is 0.298 bits per heavy atom. The van der Waals surface area contributed by atoms with Crippen LogP contribution in [-0.4, -0.2) is 87.4 Å². The first kappa shape index (κ1) is 99.9. The van der Waals surface area contributed by atoms with Crippen LogP contribution in [0.3, 0.4) is 0 Å². The molecule has 0 aliphatic heterocycles. The molecule has 0 radical (unpaired) electrons. The van der Waals surface area contributed by atoms with Crippen LogP contribution in [0, 0.1) is 0 Å². The van der Waals surface area contributed by atoms with Crippen molar-refractivity contribution in [2.24, 2.45) is 0 Å². The summed E-state index contributed by atoms with van der Waals surface area (Å²) in [6, 6.07) is 0. The average Bonchev–Trinajstić information content (AvgIpc) is 1.13. The molecule has 0 aliphatic rings. The van der Waals surface area contributed by atoms with Crippen LogP contribution in [0.4, 0.5) is 0 Å². The molecule has 0 aromatic rings. The molecular formula is C95H170NO8+. The van der Waals surface area contributed by atoms with Crippen molar-refractivity contribution >= 4 is 17.9 Å². The molecule has 0 aromatic heterocycles. The molecule has 2 atom stereocenters. The number of carbonyl (C=O) groups is 3. The molecule has 0 saturated heterocycles. The van der Waals surface area contributed by atoms with E-state index < -0.39 is 24.3 Å². The molecule has 1 N–H and O–H groups in total. The number of esters is 2. The maximum Gasteiger partial charge on any atom is 0.361 e. The van der Waals surface area contributed by atoms with Crippen LogP contribution in [-0.2, 0) is 33.3 Å². The summed E-state index contributed by atoms with van der Waals surface area (Å²) in [5.41, 5.74) is 0. The van der Waals surface area contributed by atoms with E-state index in [1.807, 2.05) is 21.1 Å². The van der Waals surface area contributed by atoms with E-state index in [9.17, 15) is 19.5 Å². The maximum atomic E-state index is 13.0. The van der Waals surface area contributed by atoms with E-state index in [0.717, 1.165) is 103 Å². The summed E-state index contributed by atoms with van der Waals surface area (Å²) >= 11 is 0. The van der Waals surface area contributed by atoms with Crippen molar-refractivity contribution < 1.29 is 42.9 Å². The van der Waals surface area contributed by atoms with Gasteiger partial charge in [0.25, 0.3) is 6.29 Å². The highest BCUT2D eigenvalue weighted by atomic mass is 16.7. The monoisotopic (exact) mass is 1450 g/mol. The second-order valence-electron chi connectivity index (χ2n) is 31.2. The zero-order chi connectivity index (χ0) is 75.3. The van der Waals surface area contributed by atoms with E-state index in [-0.39, 0.29) is 32.2 Å². The number of quaternary nitrogens is 1. The first-order valence-electron chi connectivity index (χ1n) is 44.6. The highest BCUT2D eigenvalue weighted by molar-refractivity contribution is 5.71. The number of aliphatic carboxylic acids is 1. The summed E-state index contributed by atoms with van der Waals surface area (Å²) in [7, 11) is 5.99. The van der Waals surface area contributed by atoms with Crippen LogP contribution in [0.1, 0.15) is 418 Å². The van der Waals surface area contributed by atoms with Crippen LogP contribution in [0.15, 0.2) is 109 Å². The number of carboxylic acid groups (broad SMARTS) is 1. The minimum atomic E-state index is -1.52. The van der Waals surface area contributed by atoms with Gasteiger partial charge >= 0.3 is 17.9 Å². The van der Waals surface area contributed by atoms with Gasteiger partial charge in [-0.2, -0.15) is 0 Å². The van der Waals surface area contributed by atoms with Gasteiger partial charge in [-0.3, -0.25) is 9.59 Å². The molecule has 0 amide bonds. The van der Waals surface area contributed by atoms with Crippen LogP contribution in [0.5, 0.6) is 0 Å². The number of ether oxygens (including phenoxy) is 4. The Kier molecular flexibility index (Phi) is 81.3. The third kappa shape index (κ3) is 85.2. The van der Waals surface area contributed by atoms with Gasteiger partial charge in [0.1, 0.15) is 13.2 Å². The van der Waals surface area contributed by atoms with Crippen molar-refractivity contribution in [3.63, 3.8) is 0 Å². The number of rotatable bonds is 83. The molecule has 0 aromatic carbocycles. The minimum absolute atomic E-state index is 0.183. The molecule has 602 valence electrons. The number of allylic oxidation sites excluding steroid dienone is 18. The molecule has 0 fully saturated rings. The van der Waals surface area contributed by atoms with Crippen molar-refractivity contribution in [3.05, 3.63) is 109 Å². The second-order valence-corrected chi connectivity index (χ2v) is 31.2. The molecule has 0 spiro atoms. The summed E-state index contributed by atoms with van der Waals surface area (Å²) in [6.45, 7) is 4.82. The van der Waals surface area contributed by atoms with E-state index in [1.54, 1.807) is 0 Å². The minimum Gasteiger partial charge on any atom is -0.477 e. The number of likely N-dealkylation sites (N-methyl/N-ethyl adjacent to an activating group) is 1. The Labute approximate surface area is 645 Å². The Morgan fingerprint density at radius 2 is 0.548 bits per heavy atom. The van der Waals surface area contributed by atoms with Gasteiger partial charge in [-0.1, -0.05) is 431 Å². The van der Waals surface area contributed by atoms with E-state index in [4.69, 9.17) is 18.9 Å². The number of carbonyl (C=O) groups excluding carboxylic acids is 2. The van der Waals surface area contributed by atoms with Gasteiger partial charge in [0.15, 0.2) is 6.10 Å². The van der Waals surface area contributed by atoms with Gasteiger partial charge < -0.3 is 28.5 Å². The van der Waals surface area contributed by atoms with E-state index in [2.05, 4.69) is 123 Å². The van der Waals surface area contributed by atoms with Crippen LogP contribution >= 0.6 is 0 Å². The van der Waals surface area contributed by atoms with Crippen LogP contribution in [0.2, 0.25) is 0 Å². The van der Waals surface area contributed by atoms with Crippen molar-refractivity contribution in [3.8, 4) is 0 Å². The first-order chi connectivity index (χ1) is 51.1. The zero-order valence-electron chi connectivity index (χ0n) is 69.2. The van der Waals surface area contributed by atoms with Crippen LogP contribution in [0.25, 0.3) is 0 Å². The summed E-state index contributed by atoms with van der Waals surface area (Å²) in [5, 5.41) is 9.79. The molecule has 0 heterocycles. The molecule has 9 heteroatoms. The Morgan fingerprint density at radius 3 is 0.817 bits per heavy atom. The highest BCUT2D eigenvalue weighted by Crippen LogP contribution is 2.20. The van der Waals surface area contributed by atoms with Gasteiger partial charge in [-0.25, -0.2) is 4.79 Å². The quantitative estimate of drug-likeness (QED) is 0.0211. The highest BCUT2D eigenvalue weighted by Gasteiger charge is 2.25. The lowest BCUT2D eigenvalue weighted by molar-refractivity contribution is -0.870. The molecule has 0 rings (SSSR count). The first-order valence-corrected chi connectivity index (χ1v) is 44.6. The zero-order valence-corrected chi connectivity index (χ0v) is 69.2. The van der Waals surface area contributed by atoms with Crippen molar-refractivity contribution in [1.29, 1.82) is 0 Å². The summed E-state index contributed by atoms with van der Waals surface area (Å²) in [4.78, 5) is 37.8. The predicted molar refractivity (Wildman–Crippen MR) is 452 cm³/mol. The Balaban J connectivity index is 3.97. The van der Waals surface area contributed by atoms with Crippen molar-refractivity contribution in [2.75, 3.05) is 47.5 Å². The number of hydrogen-bond acceptors (Lipinski definition) is 7. The lowest BCUT2D eigenvalue weighted by Gasteiger charge is -2.25. The van der Waals surface area contributed by atoms with E-state index >= 15 is 0 Å². The molecule has 9 nitrogen and oxygen atoms in total. The normalized spacial score (nSPS) is 13.1. The second kappa shape index (κ2) is 84.6. The predicted octanol–water partition coefficient (Wildman–Crippen LogP) is 29.2. The van der Waals surface area contributed by atoms with Crippen molar-refractivity contribution in [1.82, 2.24) is 0 Å². The maximum absolute atomic E-state index is 13.0. The third-order valence-electron chi connectivity index (χ3n) is 19.8. The summed E-state index contributed by atoms with van der Waals surface area (Å²) < 4.78 is 23.1. The largest absolute Gasteiger partial charge is 0.477 e. The molecule has 0 bridgehead atoms. The molecule has 0 saturated carbocycles. The van der Waals surface area contributed by atoms with Gasteiger partial charge in [0, 0.05) is 12.8 Å². The number of unbranched alkanes of at least 4 members (excludes halogenated alkanes) is 50. The lowest BCUT2D eigenvalue weighted by atomic mass is 10.0. The Hall–Kier alpha value is -4.05. The number of carboxylic acids is 1. The Bertz CT molecular complexity index is 2090. The summed E-state index contributed by atoms with van der Waals surface area (Å²) in [5.74, 6) is -1.99. The SMILES string of the molecule is CC/C=C\C/C=C\C/C=C\C/C=C\C/C=C\C/C=C\C/C=C\C/C=C\C/C=C\CCCCCCCCCCCCCC(=O)OC(COC(=O)CCCCCCCCCCCCCCCCCCCCCCCCCCCCCCCCCCCCCCCCCC)COC(OCC[N+](C)(C)C)C(=O)O. The smallest absolute Gasteiger partial charge is 0.361 e. The topological polar surface area (TPSA) is 108 Å². The standard InChI is InChI=1S/C95H169NO8/c1-6-8-10-12-14-16-18-20-22-24-26-28-30-32-34-36-38-40-42-44-46-48-49-51-53-55-57-59-61-63-65-67-69-71-73-75-77-79-81-83-85-92(97)102-89-91(90-103-95(94(99)100)101-88-87-96(3,4)5)104-93(98)86-84-82-80-78-76-74-72-70-68-66-64-62-60-58-56-54-52-50-47-45-43-41-39-37-35-33-31-29-27-25-23-21-19-17-15-13-11-9-7-2/h9,11,15,17,21,23,27,29,33,35,39,41,45,47,52,54,58,60,91,95H,6-8,10,12-14,16,18-20,22,24-26,28,30-32,34,36-38,40,42-44,46,48-51,53,55-57,59,61-90H2,1-5H3/p+1/b11-9-,17-15-,23-21-,29-27-,35-33-,41-39-,47-45-,54-52-,60-58-. The fourth-order valence-electron chi connectivity index (χ4n) is 13.1.